The first-order valence-corrected chi connectivity index (χ1v) is 24.4. The molecule has 0 aliphatic carbocycles. The molecular weight excluding hydrogens is 952 g/mol. The van der Waals surface area contributed by atoms with Crippen molar-refractivity contribution in [3.8, 4) is 11.5 Å². The van der Waals surface area contributed by atoms with Crippen molar-refractivity contribution in [3.63, 3.8) is 0 Å². The van der Waals surface area contributed by atoms with Crippen molar-refractivity contribution in [2.45, 2.75) is 31.7 Å². The molecule has 1 unspecified atom stereocenters. The van der Waals surface area contributed by atoms with E-state index >= 15 is 0 Å². The van der Waals surface area contributed by atoms with Crippen LogP contribution in [0.1, 0.15) is 66.8 Å². The van der Waals surface area contributed by atoms with E-state index in [4.69, 9.17) is 23.5 Å². The van der Waals surface area contributed by atoms with E-state index < -0.39 is 13.7 Å². The van der Waals surface area contributed by atoms with Crippen LogP contribution in [-0.4, -0.2) is 129 Å². The second-order valence-corrected chi connectivity index (χ2v) is 18.8. The number of hydrogen-bond donors (Lipinski definition) is 4. The summed E-state index contributed by atoms with van der Waals surface area (Å²) in [5, 5.41) is 8.69. The number of amides is 3. The summed E-state index contributed by atoms with van der Waals surface area (Å²) < 4.78 is 45.5. The Morgan fingerprint density at radius 3 is 2.39 bits per heavy atom. The number of hydrogen-bond acceptors (Lipinski definition) is 13. The first kappa shape index (κ1) is 50.8. The molecule has 23 heteroatoms. The molecular formula is C49H55N10O12P. The molecule has 2 aliphatic rings. The van der Waals surface area contributed by atoms with Crippen molar-refractivity contribution in [1.82, 2.24) is 28.2 Å². The lowest BCUT2D eigenvalue weighted by Gasteiger charge is -2.20. The first-order valence-electron chi connectivity index (χ1n) is 22.8. The standard InChI is InChI=1S/C49H55N10O12P/c1-30-18-35-25-50-37-24-43(42(70-16-14-67-5)23-36(37)48(63)59(35)26-30)69-13-7-8-45(61)52-44-29-57(4)46(53-44)41(60)20-31-19-39(55(2)27-31)47(62)51-34-22-40(56(3)28-34)49(64)58-12-11-32-21-33(9-10-38(32)58)54-72(65,66)71-17-15-68-6/h9-12,19,21-25,27-29,35H,1,7-8,13-18,20,26H2,2-6H3,(H,51,62)(H,52,61)(H2,54,65,66)/t35-/m0/s1. The van der Waals surface area contributed by atoms with E-state index in [1.54, 1.807) is 122 Å². The van der Waals surface area contributed by atoms with E-state index in [1.807, 2.05) is 0 Å². The Labute approximate surface area is 413 Å². The maximum absolute atomic E-state index is 13.8. The van der Waals surface area contributed by atoms with Crippen LogP contribution < -0.4 is 25.2 Å². The molecule has 2 aliphatic heterocycles. The SMILES string of the molecule is C=C1C[C@H]2C=Nc3cc(OCCCC(=O)Nc4cn(C)c(C(=O)Cc5cc(C(=O)Nc6cc(C(=O)n7ccc8cc(NP(=O)(O)OCCOC)ccc87)n(C)c6)n(C)c5)n4)c(OCCOC)cc3C(=O)N2C1. The van der Waals surface area contributed by atoms with Gasteiger partial charge in [0.05, 0.1) is 54.9 Å². The van der Waals surface area contributed by atoms with Crippen LogP contribution in [0.4, 0.5) is 22.9 Å². The monoisotopic (exact) mass is 1010 g/mol. The molecule has 2 aromatic carbocycles. The van der Waals surface area contributed by atoms with Gasteiger partial charge < -0.3 is 53.1 Å². The van der Waals surface area contributed by atoms with Gasteiger partial charge in [0.2, 0.25) is 11.7 Å². The number of ketones is 1. The van der Waals surface area contributed by atoms with Crippen LogP contribution in [0.15, 0.2) is 90.5 Å². The average molecular weight is 1010 g/mol. The number of anilines is 3. The smallest absolute Gasteiger partial charge is 0.430 e. The fourth-order valence-corrected chi connectivity index (χ4v) is 9.26. The van der Waals surface area contributed by atoms with Crippen LogP contribution >= 0.6 is 7.75 Å². The summed E-state index contributed by atoms with van der Waals surface area (Å²) >= 11 is 0. The number of aromatic nitrogens is 5. The van der Waals surface area contributed by atoms with Crippen molar-refractivity contribution < 1.29 is 56.9 Å². The molecule has 378 valence electrons. The minimum absolute atomic E-state index is 0.0765. The molecule has 1 saturated heterocycles. The second kappa shape index (κ2) is 21.8. The summed E-state index contributed by atoms with van der Waals surface area (Å²) in [5.41, 5.74) is 4.13. The molecule has 22 nitrogen and oxygen atoms in total. The van der Waals surface area contributed by atoms with Crippen molar-refractivity contribution >= 4 is 77.2 Å². The van der Waals surface area contributed by atoms with E-state index in [9.17, 15) is 33.4 Å². The number of methoxy groups -OCH3 is 2. The summed E-state index contributed by atoms with van der Waals surface area (Å²) in [6, 6.07) is 12.8. The van der Waals surface area contributed by atoms with Crippen molar-refractivity contribution in [3.05, 3.63) is 114 Å². The molecule has 0 saturated carbocycles. The fraction of sp³-hybridized carbons (Fsp3) is 0.327. The molecule has 2 atom stereocenters. The van der Waals surface area contributed by atoms with E-state index in [1.165, 1.54) is 16.2 Å². The van der Waals surface area contributed by atoms with Crippen molar-refractivity contribution in [2.24, 2.45) is 26.1 Å². The van der Waals surface area contributed by atoms with E-state index in [-0.39, 0.29) is 91.8 Å². The molecule has 6 heterocycles. The quantitative estimate of drug-likeness (QED) is 0.0267. The third-order valence-electron chi connectivity index (χ3n) is 11.8. The topological polar surface area (TPSA) is 253 Å². The predicted octanol–water partition coefficient (Wildman–Crippen LogP) is 5.90. The van der Waals surface area contributed by atoms with Gasteiger partial charge in [0, 0.05) is 103 Å². The molecule has 6 aromatic rings. The Balaban J connectivity index is 0.833. The van der Waals surface area contributed by atoms with Gasteiger partial charge in [-0.15, -0.1) is 0 Å². The number of rotatable bonds is 22. The number of aliphatic imine (C=N–C) groups is 1. The number of aryl methyl sites for hydroxylation is 3. The number of Topliss-reactive ketones (excluding diaryl/α,β-unsaturated/α-hetero) is 1. The zero-order chi connectivity index (χ0) is 51.3. The Kier molecular flexibility index (Phi) is 15.4. The summed E-state index contributed by atoms with van der Waals surface area (Å²) in [4.78, 5) is 88.1. The maximum Gasteiger partial charge on any atom is 0.430 e. The van der Waals surface area contributed by atoms with Crippen LogP contribution in [0.25, 0.3) is 10.9 Å². The number of ether oxygens (including phenoxy) is 4. The number of nitrogens with zero attached hydrogens (tertiary/aromatic N) is 7. The summed E-state index contributed by atoms with van der Waals surface area (Å²) in [7, 11) is 3.85. The van der Waals surface area contributed by atoms with Crippen LogP contribution in [0.5, 0.6) is 11.5 Å². The van der Waals surface area contributed by atoms with E-state index in [0.29, 0.717) is 76.6 Å². The largest absolute Gasteiger partial charge is 0.490 e. The normalized spacial score (nSPS) is 15.0. The number of benzene rings is 2. The van der Waals surface area contributed by atoms with Gasteiger partial charge in [0.1, 0.15) is 18.0 Å². The fourth-order valence-electron chi connectivity index (χ4n) is 8.41. The number of imidazole rings is 1. The van der Waals surface area contributed by atoms with Crippen LogP contribution in [0, 0.1) is 0 Å². The molecule has 72 heavy (non-hydrogen) atoms. The third-order valence-corrected chi connectivity index (χ3v) is 12.9. The highest BCUT2D eigenvalue weighted by Crippen LogP contribution is 2.43. The van der Waals surface area contributed by atoms with Gasteiger partial charge in [-0.1, -0.05) is 12.2 Å². The molecule has 4 aromatic heterocycles. The summed E-state index contributed by atoms with van der Waals surface area (Å²) in [6.07, 6.45) is 9.12. The molecule has 0 radical (unpaired) electrons. The Bertz CT molecular complexity index is 3170. The Morgan fingerprint density at radius 1 is 0.847 bits per heavy atom. The van der Waals surface area contributed by atoms with Gasteiger partial charge in [-0.25, -0.2) is 9.55 Å². The average Bonchev–Trinajstić information content (AvgIpc) is 4.16. The lowest BCUT2D eigenvalue weighted by Crippen LogP contribution is -2.35. The third kappa shape index (κ3) is 11.6. The molecule has 0 bridgehead atoms. The summed E-state index contributed by atoms with van der Waals surface area (Å²) in [5.74, 6) is -0.682. The lowest BCUT2D eigenvalue weighted by molar-refractivity contribution is -0.116. The van der Waals surface area contributed by atoms with E-state index in [0.717, 1.165) is 5.57 Å². The molecule has 3 amide bonds. The minimum atomic E-state index is -4.15. The van der Waals surface area contributed by atoms with Gasteiger partial charge in [0.25, 0.3) is 17.7 Å². The highest BCUT2D eigenvalue weighted by Gasteiger charge is 2.34. The Hall–Kier alpha value is -7.62. The highest BCUT2D eigenvalue weighted by atomic mass is 31.2. The first-order chi connectivity index (χ1) is 34.5. The van der Waals surface area contributed by atoms with Crippen LogP contribution in [0.3, 0.4) is 0 Å². The number of carbonyl (C=O) groups excluding carboxylic acids is 5. The molecule has 4 N–H and O–H groups in total. The second-order valence-electron chi connectivity index (χ2n) is 17.3. The highest BCUT2D eigenvalue weighted by molar-refractivity contribution is 7.54. The predicted molar refractivity (Wildman–Crippen MR) is 267 cm³/mol. The molecule has 1 fully saturated rings. The molecule has 0 spiro atoms. The van der Waals surface area contributed by atoms with Gasteiger partial charge in [-0.05, 0) is 60.9 Å². The molecule has 8 rings (SSSR count). The van der Waals surface area contributed by atoms with Gasteiger partial charge in [-0.2, -0.15) is 0 Å². The number of nitrogens with one attached hydrogen (secondary N) is 3. The van der Waals surface area contributed by atoms with Crippen molar-refractivity contribution in [1.29, 1.82) is 0 Å². The maximum atomic E-state index is 13.8. The Morgan fingerprint density at radius 2 is 1.60 bits per heavy atom. The van der Waals surface area contributed by atoms with Crippen LogP contribution in [0.2, 0.25) is 0 Å². The van der Waals surface area contributed by atoms with E-state index in [2.05, 4.69) is 32.3 Å². The zero-order valence-electron chi connectivity index (χ0n) is 40.4. The van der Waals surface area contributed by atoms with Crippen LogP contribution in [-0.2, 0) is 50.9 Å². The van der Waals surface area contributed by atoms with Gasteiger partial charge in [0.15, 0.2) is 23.1 Å². The number of carbonyl (C=O) groups is 5. The van der Waals surface area contributed by atoms with Crippen molar-refractivity contribution in [2.75, 3.05) is 69.5 Å². The van der Waals surface area contributed by atoms with Gasteiger partial charge in [-0.3, -0.25) is 43.1 Å². The lowest BCUT2D eigenvalue weighted by atomic mass is 10.1. The minimum Gasteiger partial charge on any atom is -0.490 e. The number of fused-ring (bicyclic) bond motifs is 3. The van der Waals surface area contributed by atoms with Gasteiger partial charge >= 0.3 is 7.75 Å². The summed E-state index contributed by atoms with van der Waals surface area (Å²) in [6.45, 7) is 5.26. The zero-order valence-corrected chi connectivity index (χ0v) is 41.3.